The monoisotopic (exact) mass is 1410 g/mol. The molecular formula is C77H150O17P2. The van der Waals surface area contributed by atoms with Crippen LogP contribution in [0.1, 0.15) is 395 Å². The number of hydrogen-bond donors (Lipinski definition) is 3. The highest BCUT2D eigenvalue weighted by Gasteiger charge is 2.30. The van der Waals surface area contributed by atoms with Crippen molar-refractivity contribution in [2.45, 2.75) is 414 Å². The lowest BCUT2D eigenvalue weighted by Gasteiger charge is -2.21. The molecule has 3 unspecified atom stereocenters. The van der Waals surface area contributed by atoms with Gasteiger partial charge in [0, 0.05) is 25.7 Å². The van der Waals surface area contributed by atoms with Crippen molar-refractivity contribution < 1.29 is 80.2 Å². The lowest BCUT2D eigenvalue weighted by Crippen LogP contribution is -2.30. The van der Waals surface area contributed by atoms with Gasteiger partial charge in [0.15, 0.2) is 12.2 Å². The molecule has 0 aromatic carbocycles. The van der Waals surface area contributed by atoms with Crippen molar-refractivity contribution in [1.82, 2.24) is 0 Å². The van der Waals surface area contributed by atoms with E-state index < -0.39 is 97.5 Å². The topological polar surface area (TPSA) is 237 Å². The predicted octanol–water partition coefficient (Wildman–Crippen LogP) is 22.6. The van der Waals surface area contributed by atoms with Crippen LogP contribution >= 0.6 is 15.6 Å². The molecule has 0 saturated heterocycles. The third kappa shape index (κ3) is 69.2. The summed E-state index contributed by atoms with van der Waals surface area (Å²) in [7, 11) is -9.91. The predicted molar refractivity (Wildman–Crippen MR) is 391 cm³/mol. The molecule has 0 aromatic rings. The Bertz CT molecular complexity index is 1870. The molecule has 3 N–H and O–H groups in total. The Morgan fingerprint density at radius 2 is 0.531 bits per heavy atom. The van der Waals surface area contributed by atoms with E-state index in [9.17, 15) is 43.2 Å². The van der Waals surface area contributed by atoms with E-state index in [1.54, 1.807) is 0 Å². The molecule has 0 aliphatic carbocycles. The van der Waals surface area contributed by atoms with E-state index in [2.05, 4.69) is 48.5 Å². The van der Waals surface area contributed by atoms with Gasteiger partial charge >= 0.3 is 39.5 Å². The average Bonchev–Trinajstić information content (AvgIpc) is 1.15. The van der Waals surface area contributed by atoms with E-state index in [1.165, 1.54) is 199 Å². The van der Waals surface area contributed by atoms with Gasteiger partial charge in [0.25, 0.3) is 0 Å². The lowest BCUT2D eigenvalue weighted by molar-refractivity contribution is -0.161. The van der Waals surface area contributed by atoms with E-state index in [0.717, 1.165) is 108 Å². The molecule has 96 heavy (non-hydrogen) atoms. The Hall–Kier alpha value is -1.94. The van der Waals surface area contributed by atoms with E-state index in [-0.39, 0.29) is 25.7 Å². The van der Waals surface area contributed by atoms with Gasteiger partial charge in [-0.25, -0.2) is 9.13 Å². The fraction of sp³-hybridized carbons (Fsp3) is 0.948. The maximum atomic E-state index is 13.1. The zero-order valence-electron chi connectivity index (χ0n) is 62.8. The minimum absolute atomic E-state index is 0.102. The summed E-state index contributed by atoms with van der Waals surface area (Å²) < 4.78 is 68.5. The van der Waals surface area contributed by atoms with Crippen LogP contribution in [0.15, 0.2) is 0 Å². The van der Waals surface area contributed by atoms with Crippen LogP contribution in [0, 0.1) is 17.8 Å². The number of rotatable bonds is 75. The molecule has 0 fully saturated rings. The summed E-state index contributed by atoms with van der Waals surface area (Å²) in [6.07, 6.45) is 54.5. The number of phosphoric ester groups is 2. The molecule has 0 saturated carbocycles. The number of phosphoric acid groups is 2. The van der Waals surface area contributed by atoms with Gasteiger partial charge < -0.3 is 33.8 Å². The van der Waals surface area contributed by atoms with Crippen LogP contribution in [0.5, 0.6) is 0 Å². The maximum Gasteiger partial charge on any atom is 0.472 e. The smallest absolute Gasteiger partial charge is 0.462 e. The number of carbonyl (C=O) groups excluding carboxylic acids is 4. The second-order valence-corrected chi connectivity index (χ2v) is 31.8. The van der Waals surface area contributed by atoms with Gasteiger partial charge in [0.05, 0.1) is 26.4 Å². The Labute approximate surface area is 588 Å². The van der Waals surface area contributed by atoms with Gasteiger partial charge in [0.2, 0.25) is 0 Å². The molecule has 0 aromatic heterocycles. The molecule has 0 spiro atoms. The van der Waals surface area contributed by atoms with E-state index >= 15 is 0 Å². The third-order valence-electron chi connectivity index (χ3n) is 18.2. The molecule has 0 aliphatic rings. The van der Waals surface area contributed by atoms with E-state index in [4.69, 9.17) is 37.0 Å². The van der Waals surface area contributed by atoms with Crippen LogP contribution in [0.25, 0.3) is 0 Å². The van der Waals surface area contributed by atoms with Crippen LogP contribution in [-0.4, -0.2) is 96.7 Å². The maximum absolute atomic E-state index is 13.1. The van der Waals surface area contributed by atoms with Crippen LogP contribution in [-0.2, 0) is 65.4 Å². The summed E-state index contributed by atoms with van der Waals surface area (Å²) in [5.41, 5.74) is 0. The van der Waals surface area contributed by atoms with Crippen molar-refractivity contribution in [3.05, 3.63) is 0 Å². The summed E-state index contributed by atoms with van der Waals surface area (Å²) in [4.78, 5) is 72.8. The summed E-state index contributed by atoms with van der Waals surface area (Å²) in [6.45, 7) is 11.8. The Morgan fingerprint density at radius 3 is 0.792 bits per heavy atom. The number of esters is 4. The number of carbonyl (C=O) groups is 4. The first kappa shape index (κ1) is 94.1. The highest BCUT2D eigenvalue weighted by molar-refractivity contribution is 7.47. The largest absolute Gasteiger partial charge is 0.472 e. The zero-order valence-corrected chi connectivity index (χ0v) is 64.6. The van der Waals surface area contributed by atoms with Crippen LogP contribution in [0.3, 0.4) is 0 Å². The normalized spacial score (nSPS) is 14.3. The molecule has 19 heteroatoms. The summed E-state index contributed by atoms with van der Waals surface area (Å²) in [5, 5.41) is 10.6. The van der Waals surface area contributed by atoms with Crippen molar-refractivity contribution in [1.29, 1.82) is 0 Å². The van der Waals surface area contributed by atoms with Gasteiger partial charge in [-0.15, -0.1) is 0 Å². The first-order valence-corrected chi connectivity index (χ1v) is 42.9. The first-order chi connectivity index (χ1) is 46.3. The quantitative estimate of drug-likeness (QED) is 0.0222. The number of aliphatic hydroxyl groups is 1. The van der Waals surface area contributed by atoms with Crippen LogP contribution < -0.4 is 0 Å². The second-order valence-electron chi connectivity index (χ2n) is 28.9. The van der Waals surface area contributed by atoms with Crippen molar-refractivity contribution in [2.24, 2.45) is 17.8 Å². The highest BCUT2D eigenvalue weighted by Crippen LogP contribution is 2.45. The van der Waals surface area contributed by atoms with Gasteiger partial charge in [0.1, 0.15) is 19.3 Å². The standard InChI is InChI=1S/C77H150O17P2/c1-8-10-11-12-13-14-15-16-17-18-19-23-26-29-32-35-44-51-58-74(79)87-64-72(93-76(81)60-53-46-36-33-30-27-24-21-20-22-25-28-31-34-41-48-55-68(3)4)66-91-95(83,84)89-62-71(78)63-90-96(85,86)92-67-73(65-88-75(80)59-52-45-39-37-42-49-56-69(5)6)94-77(82)61-54-47-40-38-43-50-57-70(7)9-2/h68-73,78H,8-67H2,1-7H3,(H,83,84)(H,85,86)/t70?,71-,72-,73-/m1/s1. The molecule has 0 aliphatic heterocycles. The van der Waals surface area contributed by atoms with Crippen molar-refractivity contribution in [3.63, 3.8) is 0 Å². The first-order valence-electron chi connectivity index (χ1n) is 39.9. The summed E-state index contributed by atoms with van der Waals surface area (Å²) in [6, 6.07) is 0. The van der Waals surface area contributed by atoms with Gasteiger partial charge in [-0.3, -0.25) is 37.3 Å². The van der Waals surface area contributed by atoms with Gasteiger partial charge in [-0.05, 0) is 43.4 Å². The summed E-state index contributed by atoms with van der Waals surface area (Å²) >= 11 is 0. The van der Waals surface area contributed by atoms with Crippen molar-refractivity contribution in [2.75, 3.05) is 39.6 Å². The molecule has 0 rings (SSSR count). The minimum atomic E-state index is -4.96. The van der Waals surface area contributed by atoms with Gasteiger partial charge in [-0.2, -0.15) is 0 Å². The van der Waals surface area contributed by atoms with E-state index in [0.29, 0.717) is 31.6 Å². The number of aliphatic hydroxyl groups excluding tert-OH is 1. The number of ether oxygens (including phenoxy) is 4. The molecule has 0 bridgehead atoms. The molecule has 17 nitrogen and oxygen atoms in total. The minimum Gasteiger partial charge on any atom is -0.462 e. The number of unbranched alkanes of at least 4 members (excludes halogenated alkanes) is 42. The fourth-order valence-corrected chi connectivity index (χ4v) is 13.3. The zero-order chi connectivity index (χ0) is 70.9. The summed E-state index contributed by atoms with van der Waals surface area (Å²) in [5.74, 6) is 0.0865. The van der Waals surface area contributed by atoms with Gasteiger partial charge in [-0.1, -0.05) is 344 Å². The Balaban J connectivity index is 5.20. The Kier molecular flexibility index (Phi) is 66.2. The molecular weight excluding hydrogens is 1260 g/mol. The van der Waals surface area contributed by atoms with Crippen molar-refractivity contribution in [3.8, 4) is 0 Å². The SMILES string of the molecule is CCCCCCCCCCCCCCCCCCCCC(=O)OC[C@H](COP(=O)(O)OC[C@@H](O)COP(=O)(O)OC[C@@H](COC(=O)CCCCCCCCC(C)C)OC(=O)CCCCCCCCC(C)CC)OC(=O)CCCCCCCCCCCCCCCCCCC(C)C. The van der Waals surface area contributed by atoms with Crippen LogP contribution in [0.2, 0.25) is 0 Å². The lowest BCUT2D eigenvalue weighted by atomic mass is 10.00. The number of hydrogen-bond acceptors (Lipinski definition) is 15. The molecule has 570 valence electrons. The molecule has 0 amide bonds. The average molecular weight is 1410 g/mol. The van der Waals surface area contributed by atoms with Crippen LogP contribution in [0.4, 0.5) is 0 Å². The molecule has 0 heterocycles. The molecule has 6 atom stereocenters. The second kappa shape index (κ2) is 67.5. The van der Waals surface area contributed by atoms with Crippen molar-refractivity contribution >= 4 is 39.5 Å². The fourth-order valence-electron chi connectivity index (χ4n) is 11.7. The van der Waals surface area contributed by atoms with E-state index in [1.807, 2.05) is 0 Å². The third-order valence-corrected chi connectivity index (χ3v) is 20.1. The Morgan fingerprint density at radius 1 is 0.302 bits per heavy atom. The highest BCUT2D eigenvalue weighted by atomic mass is 31.2. The molecule has 0 radical (unpaired) electrons.